The molecule has 0 spiro atoms. The zero-order chi connectivity index (χ0) is 23.5. The summed E-state index contributed by atoms with van der Waals surface area (Å²) < 4.78 is 0. The lowest BCUT2D eigenvalue weighted by Crippen LogP contribution is -2.09. The maximum absolute atomic E-state index is 10.3. The summed E-state index contributed by atoms with van der Waals surface area (Å²) in [5, 5.41) is 11.6. The smallest absolute Gasteiger partial charge is 0.160 e. The van der Waals surface area contributed by atoms with Crippen molar-refractivity contribution in [3.05, 3.63) is 124 Å². The van der Waals surface area contributed by atoms with Gasteiger partial charge in [0.15, 0.2) is 5.75 Å². The molecule has 0 unspecified atom stereocenters. The van der Waals surface area contributed by atoms with Crippen molar-refractivity contribution in [3.8, 4) is 5.75 Å². The van der Waals surface area contributed by atoms with Gasteiger partial charge in [-0.25, -0.2) is 4.98 Å². The second kappa shape index (κ2) is 9.60. The molecule has 0 aliphatic carbocycles. The minimum absolute atomic E-state index is 0.0671. The first-order valence-corrected chi connectivity index (χ1v) is 11.5. The van der Waals surface area contributed by atoms with Crippen molar-refractivity contribution in [2.45, 2.75) is 0 Å². The number of phenolic OH excluding ortho intramolecular Hbond substituents is 1. The molecular weight excluding hydrogens is 463 g/mol. The molecule has 1 heterocycles. The first-order chi connectivity index (χ1) is 16.6. The Hall–Kier alpha value is -3.79. The number of fused-ring (bicyclic) bond motifs is 1. The van der Waals surface area contributed by atoms with Crippen molar-refractivity contribution < 1.29 is 5.11 Å². The molecule has 4 aromatic carbocycles. The molecule has 0 radical (unpaired) electrons. The van der Waals surface area contributed by atoms with Gasteiger partial charge in [-0.1, -0.05) is 77.8 Å². The van der Waals surface area contributed by atoms with Crippen LogP contribution in [0.1, 0.15) is 11.3 Å². The van der Waals surface area contributed by atoms with Crippen molar-refractivity contribution in [1.82, 2.24) is 4.98 Å². The second-order valence-corrected chi connectivity index (χ2v) is 8.57. The third-order valence-corrected chi connectivity index (χ3v) is 6.11. The Morgan fingerprint density at radius 1 is 0.647 bits per heavy atom. The minimum atomic E-state index is -0.0671. The SMILES string of the molecule is Oc1c(Cl)cc(Cl)c2ccc(C=Cc3ccc(N(c4ccccc4)c4ccccc4)cc3)nc12. The lowest BCUT2D eigenvalue weighted by molar-refractivity contribution is 0.480. The number of anilines is 3. The van der Waals surface area contributed by atoms with Crippen molar-refractivity contribution in [2.75, 3.05) is 4.90 Å². The van der Waals surface area contributed by atoms with Crippen LogP contribution >= 0.6 is 23.2 Å². The molecule has 0 atom stereocenters. The molecule has 0 saturated heterocycles. The van der Waals surface area contributed by atoms with Crippen molar-refractivity contribution in [1.29, 1.82) is 0 Å². The number of hydrogen-bond donors (Lipinski definition) is 1. The topological polar surface area (TPSA) is 36.4 Å². The number of nitrogens with zero attached hydrogens (tertiary/aromatic N) is 2. The quantitative estimate of drug-likeness (QED) is 0.271. The van der Waals surface area contributed by atoms with Crippen LogP contribution in [0.5, 0.6) is 5.75 Å². The van der Waals surface area contributed by atoms with Gasteiger partial charge in [-0.3, -0.25) is 0 Å². The van der Waals surface area contributed by atoms with E-state index in [-0.39, 0.29) is 10.8 Å². The van der Waals surface area contributed by atoms with E-state index in [4.69, 9.17) is 23.2 Å². The fourth-order valence-corrected chi connectivity index (χ4v) is 4.34. The highest BCUT2D eigenvalue weighted by Crippen LogP contribution is 2.37. The van der Waals surface area contributed by atoms with Crippen LogP contribution in [-0.2, 0) is 0 Å². The van der Waals surface area contributed by atoms with Gasteiger partial charge >= 0.3 is 0 Å². The van der Waals surface area contributed by atoms with Crippen LogP contribution in [-0.4, -0.2) is 10.1 Å². The highest BCUT2D eigenvalue weighted by Gasteiger charge is 2.12. The second-order valence-electron chi connectivity index (χ2n) is 7.75. The van der Waals surface area contributed by atoms with E-state index >= 15 is 0 Å². The predicted octanol–water partition coefficient (Wildman–Crippen LogP) is 8.89. The van der Waals surface area contributed by atoms with Crippen LogP contribution in [0.2, 0.25) is 10.0 Å². The number of rotatable bonds is 5. The number of phenols is 1. The van der Waals surface area contributed by atoms with Gasteiger partial charge in [0.05, 0.1) is 15.7 Å². The Morgan fingerprint density at radius 2 is 1.24 bits per heavy atom. The number of aromatic hydroxyl groups is 1. The standard InChI is InChI=1S/C29H20Cl2N2O/c30-26-19-27(31)29(34)28-25(26)18-15-21(32-28)14-11-20-12-16-24(17-13-20)33(22-7-3-1-4-8-22)23-9-5-2-6-10-23/h1-19,34H. The first-order valence-electron chi connectivity index (χ1n) is 10.8. The number of aromatic nitrogens is 1. The molecule has 1 aromatic heterocycles. The Labute approximate surface area is 208 Å². The molecule has 0 saturated carbocycles. The van der Waals surface area contributed by atoms with Crippen LogP contribution in [0.25, 0.3) is 23.1 Å². The summed E-state index contributed by atoms with van der Waals surface area (Å²) in [5.74, 6) is -0.0671. The van der Waals surface area contributed by atoms with Gasteiger partial charge in [-0.05, 0) is 66.2 Å². The van der Waals surface area contributed by atoms with Crippen LogP contribution in [0, 0.1) is 0 Å². The molecule has 5 aromatic rings. The number of benzene rings is 4. The fraction of sp³-hybridized carbons (Fsp3) is 0. The lowest BCUT2D eigenvalue weighted by Gasteiger charge is -2.25. The summed E-state index contributed by atoms with van der Waals surface area (Å²) >= 11 is 12.3. The van der Waals surface area contributed by atoms with Crippen molar-refractivity contribution >= 4 is 63.3 Å². The molecular formula is C29H20Cl2N2O. The monoisotopic (exact) mass is 482 g/mol. The molecule has 3 nitrogen and oxygen atoms in total. The van der Waals surface area contributed by atoms with E-state index < -0.39 is 0 Å². The molecule has 0 fully saturated rings. The van der Waals surface area contributed by atoms with Gasteiger partial charge in [-0.15, -0.1) is 0 Å². The molecule has 0 amide bonds. The van der Waals surface area contributed by atoms with Gasteiger partial charge in [0.1, 0.15) is 5.52 Å². The number of halogens is 2. The predicted molar refractivity (Wildman–Crippen MR) is 143 cm³/mol. The zero-order valence-electron chi connectivity index (χ0n) is 18.1. The third-order valence-electron chi connectivity index (χ3n) is 5.50. The number of pyridine rings is 1. The van der Waals surface area contributed by atoms with Crippen LogP contribution < -0.4 is 4.90 Å². The summed E-state index contributed by atoms with van der Waals surface area (Å²) in [6, 6.07) is 34.1. The van der Waals surface area contributed by atoms with Crippen LogP contribution in [0.15, 0.2) is 103 Å². The van der Waals surface area contributed by atoms with E-state index in [1.807, 2.05) is 60.7 Å². The van der Waals surface area contributed by atoms with Gasteiger partial charge in [-0.2, -0.15) is 0 Å². The first kappa shape index (κ1) is 22.0. The van der Waals surface area contributed by atoms with E-state index in [0.29, 0.717) is 21.6 Å². The summed E-state index contributed by atoms with van der Waals surface area (Å²) in [4.78, 5) is 6.74. The van der Waals surface area contributed by atoms with Gasteiger partial charge in [0, 0.05) is 22.4 Å². The van der Waals surface area contributed by atoms with Crippen LogP contribution in [0.3, 0.4) is 0 Å². The summed E-state index contributed by atoms with van der Waals surface area (Å²) in [6.45, 7) is 0. The van der Waals surface area contributed by atoms with Gasteiger partial charge in [0.25, 0.3) is 0 Å². The summed E-state index contributed by atoms with van der Waals surface area (Å²) in [6.07, 6.45) is 3.88. The Kier molecular flexibility index (Phi) is 6.22. The van der Waals surface area contributed by atoms with Gasteiger partial charge in [0.2, 0.25) is 0 Å². The minimum Gasteiger partial charge on any atom is -0.504 e. The largest absolute Gasteiger partial charge is 0.504 e. The highest BCUT2D eigenvalue weighted by atomic mass is 35.5. The average Bonchev–Trinajstić information content (AvgIpc) is 2.88. The lowest BCUT2D eigenvalue weighted by atomic mass is 10.1. The molecule has 5 rings (SSSR count). The molecule has 0 aliphatic heterocycles. The van der Waals surface area contributed by atoms with E-state index in [9.17, 15) is 5.11 Å². The maximum Gasteiger partial charge on any atom is 0.160 e. The third kappa shape index (κ3) is 4.49. The van der Waals surface area contributed by atoms with Crippen LogP contribution in [0.4, 0.5) is 17.1 Å². The maximum atomic E-state index is 10.3. The molecule has 5 heteroatoms. The Balaban J connectivity index is 1.44. The highest BCUT2D eigenvalue weighted by molar-refractivity contribution is 6.39. The van der Waals surface area contributed by atoms with Crippen molar-refractivity contribution in [2.24, 2.45) is 0 Å². The Bertz CT molecular complexity index is 1430. The summed E-state index contributed by atoms with van der Waals surface area (Å²) in [5.41, 5.74) is 5.35. The molecule has 0 aliphatic rings. The molecule has 1 N–H and O–H groups in total. The zero-order valence-corrected chi connectivity index (χ0v) is 19.6. The average molecular weight is 483 g/mol. The number of hydrogen-bond acceptors (Lipinski definition) is 3. The van der Waals surface area contributed by atoms with E-state index in [2.05, 4.69) is 58.4 Å². The fourth-order valence-electron chi connectivity index (χ4n) is 3.83. The molecule has 0 bridgehead atoms. The van der Waals surface area contributed by atoms with Gasteiger partial charge < -0.3 is 10.0 Å². The van der Waals surface area contributed by atoms with E-state index in [1.165, 1.54) is 6.07 Å². The molecule has 34 heavy (non-hydrogen) atoms. The normalized spacial score (nSPS) is 11.2. The Morgan fingerprint density at radius 3 is 1.85 bits per heavy atom. The number of para-hydroxylation sites is 2. The van der Waals surface area contributed by atoms with Crippen molar-refractivity contribution in [3.63, 3.8) is 0 Å². The summed E-state index contributed by atoms with van der Waals surface area (Å²) in [7, 11) is 0. The van der Waals surface area contributed by atoms with E-state index in [1.54, 1.807) is 0 Å². The van der Waals surface area contributed by atoms with E-state index in [0.717, 1.165) is 22.6 Å². The molecule has 166 valence electrons.